The Morgan fingerprint density at radius 2 is 1.80 bits per heavy atom. The van der Waals surface area contributed by atoms with E-state index in [1.54, 1.807) is 12.1 Å². The number of para-hydroxylation sites is 1. The number of benzene rings is 1. The molecule has 0 saturated carbocycles. The third kappa shape index (κ3) is 5.04. The van der Waals surface area contributed by atoms with Crippen molar-refractivity contribution >= 4 is 23.4 Å². The lowest BCUT2D eigenvalue weighted by atomic mass is 10.1. The molecule has 0 aliphatic heterocycles. The highest BCUT2D eigenvalue weighted by Crippen LogP contribution is 2.21. The maximum Gasteiger partial charge on any atom is 0.323 e. The quantitative estimate of drug-likeness (QED) is 0.838. The number of nitrogens with zero attached hydrogens (tertiary/aromatic N) is 3. The van der Waals surface area contributed by atoms with Crippen molar-refractivity contribution in [3.05, 3.63) is 54.2 Å². The van der Waals surface area contributed by atoms with Gasteiger partial charge >= 0.3 is 5.97 Å². The van der Waals surface area contributed by atoms with Gasteiger partial charge in [0.25, 0.3) is 5.91 Å². The zero-order valence-electron chi connectivity index (χ0n) is 14.7. The zero-order chi connectivity index (χ0) is 18.4. The van der Waals surface area contributed by atoms with Gasteiger partial charge in [-0.05, 0) is 30.2 Å². The number of carbonyl (C=O) groups excluding carboxylic acids is 1. The second-order valence-electron chi connectivity index (χ2n) is 6.27. The maximum absolute atomic E-state index is 12.6. The van der Waals surface area contributed by atoms with Crippen LogP contribution < -0.4 is 4.90 Å². The van der Waals surface area contributed by atoms with Gasteiger partial charge in [-0.15, -0.1) is 0 Å². The molecule has 0 radical (unpaired) electrons. The van der Waals surface area contributed by atoms with Gasteiger partial charge in [0.15, 0.2) is 0 Å². The molecule has 0 aliphatic rings. The highest BCUT2D eigenvalue weighted by atomic mass is 16.4. The van der Waals surface area contributed by atoms with E-state index >= 15 is 0 Å². The Hall–Kier alpha value is -2.89. The molecule has 1 amide bonds. The first-order valence-electron chi connectivity index (χ1n) is 8.14. The molecule has 1 aromatic carbocycles. The van der Waals surface area contributed by atoms with Crippen LogP contribution in [0, 0.1) is 5.92 Å². The predicted molar refractivity (Wildman–Crippen MR) is 97.1 cm³/mol. The van der Waals surface area contributed by atoms with Crippen LogP contribution in [0.5, 0.6) is 0 Å². The predicted octanol–water partition coefficient (Wildman–Crippen LogP) is 3.03. The molecule has 0 saturated heterocycles. The highest BCUT2D eigenvalue weighted by Gasteiger charge is 2.20. The van der Waals surface area contributed by atoms with Crippen molar-refractivity contribution < 1.29 is 14.7 Å². The largest absolute Gasteiger partial charge is 0.480 e. The van der Waals surface area contributed by atoms with Gasteiger partial charge in [0.1, 0.15) is 12.4 Å². The number of anilines is 2. The topological polar surface area (TPSA) is 73.7 Å². The van der Waals surface area contributed by atoms with Crippen molar-refractivity contribution in [2.24, 2.45) is 5.92 Å². The molecule has 2 rings (SSSR count). The van der Waals surface area contributed by atoms with E-state index in [-0.39, 0.29) is 18.4 Å². The number of aromatic nitrogens is 1. The highest BCUT2D eigenvalue weighted by molar-refractivity contribution is 5.95. The number of carbonyl (C=O) groups is 2. The lowest BCUT2D eigenvalue weighted by Crippen LogP contribution is -2.38. The van der Waals surface area contributed by atoms with E-state index in [0.717, 1.165) is 5.69 Å². The Morgan fingerprint density at radius 1 is 1.12 bits per heavy atom. The summed E-state index contributed by atoms with van der Waals surface area (Å²) in [6, 6.07) is 13.2. The average molecular weight is 341 g/mol. The minimum absolute atomic E-state index is 0.180. The molecular weight excluding hydrogens is 318 g/mol. The molecule has 0 spiro atoms. The summed E-state index contributed by atoms with van der Waals surface area (Å²) < 4.78 is 0. The van der Waals surface area contributed by atoms with E-state index in [4.69, 9.17) is 5.11 Å². The molecular formula is C19H23N3O3. The van der Waals surface area contributed by atoms with E-state index in [9.17, 15) is 9.59 Å². The van der Waals surface area contributed by atoms with E-state index in [1.807, 2.05) is 56.1 Å². The Bertz CT molecular complexity index is 714. The van der Waals surface area contributed by atoms with Gasteiger partial charge in [-0.3, -0.25) is 9.59 Å². The minimum atomic E-state index is -1.03. The zero-order valence-corrected chi connectivity index (χ0v) is 14.7. The second kappa shape index (κ2) is 8.28. The summed E-state index contributed by atoms with van der Waals surface area (Å²) in [7, 11) is 1.90. The molecule has 0 fully saturated rings. The third-order valence-electron chi connectivity index (χ3n) is 3.68. The molecule has 6 nitrogen and oxygen atoms in total. The summed E-state index contributed by atoms with van der Waals surface area (Å²) >= 11 is 0. The van der Waals surface area contributed by atoms with Crippen LogP contribution in [0.1, 0.15) is 24.2 Å². The summed E-state index contributed by atoms with van der Waals surface area (Å²) in [5, 5.41) is 9.02. The molecule has 1 N–H and O–H groups in total. The number of aliphatic carboxylic acids is 1. The summed E-state index contributed by atoms with van der Waals surface area (Å²) in [5.74, 6) is -0.462. The summed E-state index contributed by atoms with van der Waals surface area (Å²) in [4.78, 5) is 31.2. The van der Waals surface area contributed by atoms with Crippen molar-refractivity contribution in [3.8, 4) is 0 Å². The van der Waals surface area contributed by atoms with Crippen LogP contribution in [0.15, 0.2) is 48.7 Å². The summed E-state index contributed by atoms with van der Waals surface area (Å²) in [5.41, 5.74) is 1.37. The Kier molecular flexibility index (Phi) is 6.11. The van der Waals surface area contributed by atoms with Gasteiger partial charge in [-0.25, -0.2) is 4.98 Å². The average Bonchev–Trinajstić information content (AvgIpc) is 2.60. The maximum atomic E-state index is 12.6. The van der Waals surface area contributed by atoms with Crippen molar-refractivity contribution in [2.45, 2.75) is 13.8 Å². The third-order valence-corrected chi connectivity index (χ3v) is 3.68. The van der Waals surface area contributed by atoms with Crippen LogP contribution in [0.25, 0.3) is 0 Å². The number of rotatable bonds is 7. The standard InChI is InChI=1S/C19H23N3O3/c1-14(2)12-22(13-18(23)24)19(25)15-9-10-17(20-11-15)21(3)16-7-5-4-6-8-16/h4-11,14H,12-13H2,1-3H3,(H,23,24). The van der Waals surface area contributed by atoms with E-state index in [0.29, 0.717) is 17.9 Å². The van der Waals surface area contributed by atoms with Gasteiger partial charge in [-0.2, -0.15) is 0 Å². The van der Waals surface area contributed by atoms with Gasteiger partial charge in [0.05, 0.1) is 5.56 Å². The Balaban J connectivity index is 2.17. The van der Waals surface area contributed by atoms with Crippen molar-refractivity contribution in [1.82, 2.24) is 9.88 Å². The van der Waals surface area contributed by atoms with Crippen molar-refractivity contribution in [1.29, 1.82) is 0 Å². The fourth-order valence-electron chi connectivity index (χ4n) is 2.50. The number of hydrogen-bond acceptors (Lipinski definition) is 4. The number of amides is 1. The smallest absolute Gasteiger partial charge is 0.323 e. The van der Waals surface area contributed by atoms with Crippen LogP contribution in [0.2, 0.25) is 0 Å². The van der Waals surface area contributed by atoms with Gasteiger partial charge in [-0.1, -0.05) is 32.0 Å². The molecule has 132 valence electrons. The second-order valence-corrected chi connectivity index (χ2v) is 6.27. The molecule has 2 aromatic rings. The van der Waals surface area contributed by atoms with E-state index in [2.05, 4.69) is 4.98 Å². The SMILES string of the molecule is CC(C)CN(CC(=O)O)C(=O)c1ccc(N(C)c2ccccc2)nc1. The van der Waals surface area contributed by atoms with Gasteiger partial charge in [0, 0.05) is 25.5 Å². The van der Waals surface area contributed by atoms with Crippen LogP contribution in [-0.2, 0) is 4.79 Å². The van der Waals surface area contributed by atoms with Gasteiger partial charge < -0.3 is 14.9 Å². The van der Waals surface area contributed by atoms with Crippen LogP contribution in [-0.4, -0.2) is 47.0 Å². The lowest BCUT2D eigenvalue weighted by Gasteiger charge is -2.23. The monoisotopic (exact) mass is 341 g/mol. The Morgan fingerprint density at radius 3 is 2.32 bits per heavy atom. The van der Waals surface area contributed by atoms with Gasteiger partial charge in [0.2, 0.25) is 0 Å². The molecule has 0 aliphatic carbocycles. The lowest BCUT2D eigenvalue weighted by molar-refractivity contribution is -0.137. The molecule has 6 heteroatoms. The number of carboxylic acids is 1. The molecule has 0 atom stereocenters. The molecule has 25 heavy (non-hydrogen) atoms. The fourth-order valence-corrected chi connectivity index (χ4v) is 2.50. The molecule has 0 bridgehead atoms. The number of pyridine rings is 1. The van der Waals surface area contributed by atoms with Crippen LogP contribution in [0.3, 0.4) is 0 Å². The van der Waals surface area contributed by atoms with E-state index in [1.165, 1.54) is 11.1 Å². The molecule has 1 aromatic heterocycles. The Labute approximate surface area is 147 Å². The number of hydrogen-bond donors (Lipinski definition) is 1. The fraction of sp³-hybridized carbons (Fsp3) is 0.316. The first kappa shape index (κ1) is 18.4. The van der Waals surface area contributed by atoms with Crippen molar-refractivity contribution in [2.75, 3.05) is 25.0 Å². The van der Waals surface area contributed by atoms with Crippen LogP contribution in [0.4, 0.5) is 11.5 Å². The first-order valence-corrected chi connectivity index (χ1v) is 8.14. The normalized spacial score (nSPS) is 10.6. The van der Waals surface area contributed by atoms with E-state index < -0.39 is 5.97 Å². The molecule has 0 unspecified atom stereocenters. The van der Waals surface area contributed by atoms with Crippen molar-refractivity contribution in [3.63, 3.8) is 0 Å². The first-order chi connectivity index (χ1) is 11.9. The number of carboxylic acid groups (broad SMARTS) is 1. The minimum Gasteiger partial charge on any atom is -0.480 e. The van der Waals surface area contributed by atoms with Crippen LogP contribution >= 0.6 is 0 Å². The molecule has 1 heterocycles. The summed E-state index contributed by atoms with van der Waals surface area (Å²) in [6.07, 6.45) is 1.49. The summed E-state index contributed by atoms with van der Waals surface area (Å²) in [6.45, 7) is 3.95.